The van der Waals surface area contributed by atoms with Crippen LogP contribution in [0.25, 0.3) is 0 Å². The number of nitrogens with one attached hydrogen (secondary N) is 1. The summed E-state index contributed by atoms with van der Waals surface area (Å²) < 4.78 is 30.0. The maximum atomic E-state index is 11.5. The van der Waals surface area contributed by atoms with E-state index >= 15 is 0 Å². The SMILES string of the molecule is COC(=O)CCCS(=O)(=O)NC1CC(N)C1. The fraction of sp³-hybridized carbons (Fsp3) is 0.889. The second-order valence-corrected chi connectivity index (χ2v) is 5.92. The minimum atomic E-state index is -3.28. The topological polar surface area (TPSA) is 98.5 Å². The van der Waals surface area contributed by atoms with E-state index in [2.05, 4.69) is 9.46 Å². The third kappa shape index (κ3) is 4.46. The first-order valence-electron chi connectivity index (χ1n) is 5.25. The Morgan fingerprint density at radius 1 is 1.50 bits per heavy atom. The third-order valence-corrected chi connectivity index (χ3v) is 4.06. The fourth-order valence-corrected chi connectivity index (χ4v) is 2.92. The number of hydrogen-bond acceptors (Lipinski definition) is 5. The van der Waals surface area contributed by atoms with Crippen LogP contribution in [0.2, 0.25) is 0 Å². The molecule has 0 aromatic rings. The first-order chi connectivity index (χ1) is 7.43. The molecule has 0 aromatic carbocycles. The number of carbonyl (C=O) groups excluding carboxylic acids is 1. The molecule has 0 aliphatic heterocycles. The predicted octanol–water partition coefficient (Wildman–Crippen LogP) is -0.651. The summed E-state index contributed by atoms with van der Waals surface area (Å²) in [7, 11) is -2.00. The molecule has 0 amide bonds. The summed E-state index contributed by atoms with van der Waals surface area (Å²) >= 11 is 0. The van der Waals surface area contributed by atoms with Gasteiger partial charge in [-0.15, -0.1) is 0 Å². The van der Waals surface area contributed by atoms with Gasteiger partial charge < -0.3 is 10.5 Å². The minimum Gasteiger partial charge on any atom is -0.469 e. The number of nitrogens with two attached hydrogens (primary N) is 1. The Labute approximate surface area is 95.6 Å². The van der Waals surface area contributed by atoms with E-state index < -0.39 is 10.0 Å². The average Bonchev–Trinajstić information content (AvgIpc) is 2.14. The molecule has 1 aliphatic rings. The largest absolute Gasteiger partial charge is 0.469 e. The Bertz CT molecular complexity index is 335. The third-order valence-electron chi connectivity index (χ3n) is 2.54. The van der Waals surface area contributed by atoms with Gasteiger partial charge in [-0.2, -0.15) is 0 Å². The van der Waals surface area contributed by atoms with Crippen LogP contribution in [0.3, 0.4) is 0 Å². The van der Waals surface area contributed by atoms with Crippen LogP contribution in [0.5, 0.6) is 0 Å². The van der Waals surface area contributed by atoms with Crippen molar-refractivity contribution in [2.45, 2.75) is 37.8 Å². The standard InChI is InChI=1S/C9H18N2O4S/c1-15-9(12)3-2-4-16(13,14)11-8-5-7(10)6-8/h7-8,11H,2-6,10H2,1H3. The van der Waals surface area contributed by atoms with Crippen molar-refractivity contribution in [3.63, 3.8) is 0 Å². The molecule has 16 heavy (non-hydrogen) atoms. The molecule has 7 heteroatoms. The van der Waals surface area contributed by atoms with Gasteiger partial charge in [0.1, 0.15) is 0 Å². The van der Waals surface area contributed by atoms with E-state index in [4.69, 9.17) is 5.73 Å². The van der Waals surface area contributed by atoms with E-state index in [9.17, 15) is 13.2 Å². The Morgan fingerprint density at radius 3 is 2.62 bits per heavy atom. The zero-order chi connectivity index (χ0) is 12.2. The van der Waals surface area contributed by atoms with Crippen molar-refractivity contribution in [2.24, 2.45) is 5.73 Å². The zero-order valence-corrected chi connectivity index (χ0v) is 10.1. The number of ether oxygens (including phenoxy) is 1. The first-order valence-corrected chi connectivity index (χ1v) is 6.90. The summed E-state index contributed by atoms with van der Waals surface area (Å²) in [4.78, 5) is 10.8. The number of esters is 1. The number of methoxy groups -OCH3 is 1. The highest BCUT2D eigenvalue weighted by Crippen LogP contribution is 2.18. The van der Waals surface area contributed by atoms with E-state index in [1.54, 1.807) is 0 Å². The van der Waals surface area contributed by atoms with Crippen molar-refractivity contribution in [1.82, 2.24) is 4.72 Å². The van der Waals surface area contributed by atoms with Crippen LogP contribution < -0.4 is 10.5 Å². The van der Waals surface area contributed by atoms with Crippen molar-refractivity contribution >= 4 is 16.0 Å². The normalized spacial score (nSPS) is 24.9. The van der Waals surface area contributed by atoms with Crippen LogP contribution in [-0.2, 0) is 19.6 Å². The molecule has 94 valence electrons. The molecule has 1 fully saturated rings. The van der Waals surface area contributed by atoms with Crippen LogP contribution in [0.4, 0.5) is 0 Å². The highest BCUT2D eigenvalue weighted by Gasteiger charge is 2.29. The molecular formula is C9H18N2O4S. The van der Waals surface area contributed by atoms with Gasteiger partial charge in [-0.3, -0.25) is 4.79 Å². The van der Waals surface area contributed by atoms with Crippen molar-refractivity contribution in [2.75, 3.05) is 12.9 Å². The van der Waals surface area contributed by atoms with Gasteiger partial charge in [0.05, 0.1) is 12.9 Å². The molecule has 1 saturated carbocycles. The molecular weight excluding hydrogens is 232 g/mol. The molecule has 0 radical (unpaired) electrons. The average molecular weight is 250 g/mol. The smallest absolute Gasteiger partial charge is 0.305 e. The van der Waals surface area contributed by atoms with Crippen molar-refractivity contribution in [3.05, 3.63) is 0 Å². The van der Waals surface area contributed by atoms with Crippen LogP contribution in [0.1, 0.15) is 25.7 Å². The molecule has 1 aliphatic carbocycles. The van der Waals surface area contributed by atoms with Crippen LogP contribution >= 0.6 is 0 Å². The van der Waals surface area contributed by atoms with Gasteiger partial charge >= 0.3 is 5.97 Å². The lowest BCUT2D eigenvalue weighted by molar-refractivity contribution is -0.140. The van der Waals surface area contributed by atoms with Crippen LogP contribution in [0.15, 0.2) is 0 Å². The Hall–Kier alpha value is -0.660. The lowest BCUT2D eigenvalue weighted by Gasteiger charge is -2.32. The fourth-order valence-electron chi connectivity index (χ4n) is 1.58. The summed E-state index contributed by atoms with van der Waals surface area (Å²) in [6, 6.07) is 0.0842. The zero-order valence-electron chi connectivity index (χ0n) is 9.31. The van der Waals surface area contributed by atoms with Crippen LogP contribution in [0, 0.1) is 0 Å². The number of hydrogen-bond donors (Lipinski definition) is 2. The predicted molar refractivity (Wildman–Crippen MR) is 59.2 cm³/mol. The molecule has 0 heterocycles. The number of carbonyl (C=O) groups is 1. The van der Waals surface area contributed by atoms with E-state index in [0.29, 0.717) is 12.8 Å². The van der Waals surface area contributed by atoms with Gasteiger partial charge in [0, 0.05) is 18.5 Å². The Balaban J connectivity index is 2.21. The van der Waals surface area contributed by atoms with E-state index in [-0.39, 0.29) is 36.6 Å². The van der Waals surface area contributed by atoms with Crippen molar-refractivity contribution in [3.8, 4) is 0 Å². The van der Waals surface area contributed by atoms with Gasteiger partial charge in [0.2, 0.25) is 10.0 Å². The van der Waals surface area contributed by atoms with Gasteiger partial charge in [-0.05, 0) is 19.3 Å². The molecule has 1 rings (SSSR count). The molecule has 0 bridgehead atoms. The van der Waals surface area contributed by atoms with Crippen molar-refractivity contribution < 1.29 is 17.9 Å². The maximum absolute atomic E-state index is 11.5. The van der Waals surface area contributed by atoms with E-state index in [0.717, 1.165) is 0 Å². The van der Waals surface area contributed by atoms with Gasteiger partial charge in [0.15, 0.2) is 0 Å². The van der Waals surface area contributed by atoms with Crippen molar-refractivity contribution in [1.29, 1.82) is 0 Å². The molecule has 3 N–H and O–H groups in total. The monoisotopic (exact) mass is 250 g/mol. The lowest BCUT2D eigenvalue weighted by atomic mass is 9.89. The summed E-state index contributed by atoms with van der Waals surface area (Å²) in [5.41, 5.74) is 5.55. The minimum absolute atomic E-state index is 0.0295. The van der Waals surface area contributed by atoms with E-state index in [1.165, 1.54) is 7.11 Å². The molecule has 0 unspecified atom stereocenters. The summed E-state index contributed by atoms with van der Waals surface area (Å²) in [5.74, 6) is -0.436. The highest BCUT2D eigenvalue weighted by atomic mass is 32.2. The van der Waals surface area contributed by atoms with Crippen LogP contribution in [-0.4, -0.2) is 39.3 Å². The molecule has 6 nitrogen and oxygen atoms in total. The lowest BCUT2D eigenvalue weighted by Crippen LogP contribution is -2.50. The second kappa shape index (κ2) is 5.60. The van der Waals surface area contributed by atoms with E-state index in [1.807, 2.05) is 0 Å². The molecule has 0 atom stereocenters. The summed E-state index contributed by atoms with van der Waals surface area (Å²) in [6.07, 6.45) is 1.79. The molecule has 0 aromatic heterocycles. The van der Waals surface area contributed by atoms with Gasteiger partial charge in [-0.25, -0.2) is 13.1 Å². The maximum Gasteiger partial charge on any atom is 0.305 e. The molecule has 0 spiro atoms. The summed E-state index contributed by atoms with van der Waals surface area (Å²) in [5, 5.41) is 0. The number of rotatable bonds is 6. The Kier molecular flexibility index (Phi) is 4.69. The molecule has 0 saturated heterocycles. The highest BCUT2D eigenvalue weighted by molar-refractivity contribution is 7.89. The quantitative estimate of drug-likeness (QED) is 0.610. The Morgan fingerprint density at radius 2 is 2.12 bits per heavy atom. The first kappa shape index (κ1) is 13.4. The number of sulfonamides is 1. The summed E-state index contributed by atoms with van der Waals surface area (Å²) in [6.45, 7) is 0. The van der Waals surface area contributed by atoms with Gasteiger partial charge in [0.25, 0.3) is 0 Å². The van der Waals surface area contributed by atoms with Gasteiger partial charge in [-0.1, -0.05) is 0 Å². The second-order valence-electron chi connectivity index (χ2n) is 4.04.